The van der Waals surface area contributed by atoms with Crippen molar-refractivity contribution < 1.29 is 4.39 Å². The second kappa shape index (κ2) is 3.66. The first-order valence-electron chi connectivity index (χ1n) is 3.96. The fourth-order valence-corrected chi connectivity index (χ4v) is 1.76. The van der Waals surface area contributed by atoms with E-state index in [1.165, 1.54) is 17.0 Å². The van der Waals surface area contributed by atoms with Gasteiger partial charge in [-0.2, -0.15) is 0 Å². The van der Waals surface area contributed by atoms with Gasteiger partial charge in [0.15, 0.2) is 0 Å². The fourth-order valence-electron chi connectivity index (χ4n) is 1.13. The summed E-state index contributed by atoms with van der Waals surface area (Å²) in [5.74, 6) is -0.187. The molecule has 0 N–H and O–H groups in total. The summed E-state index contributed by atoms with van der Waals surface area (Å²) in [7, 11) is 0. The van der Waals surface area contributed by atoms with Gasteiger partial charge in [-0.3, -0.25) is 4.98 Å². The molecule has 0 unspecified atom stereocenters. The van der Waals surface area contributed by atoms with Crippen molar-refractivity contribution in [3.63, 3.8) is 0 Å². The molecule has 0 aliphatic carbocycles. The molecule has 3 heteroatoms. The van der Waals surface area contributed by atoms with E-state index in [0.29, 0.717) is 0 Å². The molecule has 1 heterocycles. The van der Waals surface area contributed by atoms with Crippen molar-refractivity contribution in [1.82, 2.24) is 4.98 Å². The summed E-state index contributed by atoms with van der Waals surface area (Å²) >= 11 is 1.62. The largest absolute Gasteiger partial charge is 0.253 e. The normalized spacial score (nSPS) is 10.2. The van der Waals surface area contributed by atoms with Gasteiger partial charge < -0.3 is 0 Å². The zero-order valence-corrected chi connectivity index (χ0v) is 7.72. The van der Waals surface area contributed by atoms with Gasteiger partial charge in [0.25, 0.3) is 0 Å². The van der Waals surface area contributed by atoms with Gasteiger partial charge in [0, 0.05) is 17.5 Å². The van der Waals surface area contributed by atoms with Crippen LogP contribution in [0.3, 0.4) is 0 Å². The van der Waals surface area contributed by atoms with Crippen LogP contribution in [0.1, 0.15) is 10.4 Å². The number of nitrogens with zero attached hydrogens (tertiary/aromatic N) is 1. The third kappa shape index (κ3) is 2.12. The maximum atomic E-state index is 12.6. The average Bonchev–Trinajstić information content (AvgIpc) is 2.62. The lowest BCUT2D eigenvalue weighted by Crippen LogP contribution is -1.84. The number of hydrogen-bond acceptors (Lipinski definition) is 2. The Kier molecular flexibility index (Phi) is 2.36. The van der Waals surface area contributed by atoms with Crippen LogP contribution in [0.4, 0.5) is 4.39 Å². The molecule has 2 rings (SSSR count). The lowest BCUT2D eigenvalue weighted by atomic mass is 10.1. The van der Waals surface area contributed by atoms with E-state index in [-0.39, 0.29) is 5.82 Å². The molecule has 0 amide bonds. The molecule has 0 spiro atoms. The van der Waals surface area contributed by atoms with E-state index >= 15 is 0 Å². The summed E-state index contributed by atoms with van der Waals surface area (Å²) in [6, 6.07) is 6.57. The molecule has 1 aromatic carbocycles. The zero-order chi connectivity index (χ0) is 9.10. The predicted octanol–water partition coefficient (Wildman–Crippen LogP) is 2.87. The molecule has 66 valence electrons. The second-order valence-corrected chi connectivity index (χ2v) is 3.74. The van der Waals surface area contributed by atoms with E-state index in [1.807, 2.05) is 6.20 Å². The molecule has 0 saturated carbocycles. The van der Waals surface area contributed by atoms with Crippen LogP contribution in [0.2, 0.25) is 0 Å². The standard InChI is InChI=1S/C10H8FNS/c11-9-3-1-8(2-4-9)5-10-6-12-7-13-10/h1-4,6-7H,5H2. The molecule has 0 saturated heterocycles. The molecule has 13 heavy (non-hydrogen) atoms. The van der Waals surface area contributed by atoms with Crippen molar-refractivity contribution in [1.29, 1.82) is 0 Å². The van der Waals surface area contributed by atoms with Gasteiger partial charge in [-0.15, -0.1) is 11.3 Å². The number of rotatable bonds is 2. The van der Waals surface area contributed by atoms with Gasteiger partial charge in [0.05, 0.1) is 5.51 Å². The van der Waals surface area contributed by atoms with Gasteiger partial charge >= 0.3 is 0 Å². The van der Waals surface area contributed by atoms with E-state index in [0.717, 1.165) is 12.0 Å². The van der Waals surface area contributed by atoms with Crippen molar-refractivity contribution in [2.75, 3.05) is 0 Å². The first-order chi connectivity index (χ1) is 6.34. The third-order valence-corrected chi connectivity index (χ3v) is 2.55. The van der Waals surface area contributed by atoms with Crippen LogP contribution in [0, 0.1) is 5.82 Å². The van der Waals surface area contributed by atoms with Crippen LogP contribution in [-0.4, -0.2) is 4.98 Å². The van der Waals surface area contributed by atoms with Crippen LogP contribution in [0.5, 0.6) is 0 Å². The summed E-state index contributed by atoms with van der Waals surface area (Å²) in [4.78, 5) is 5.18. The van der Waals surface area contributed by atoms with E-state index in [9.17, 15) is 4.39 Å². The van der Waals surface area contributed by atoms with Gasteiger partial charge in [-0.1, -0.05) is 12.1 Å². The highest BCUT2D eigenvalue weighted by Crippen LogP contribution is 2.13. The molecule has 0 fully saturated rings. The Bertz CT molecular complexity index is 366. The molecule has 2 aromatic rings. The third-order valence-electron chi connectivity index (χ3n) is 1.78. The Labute approximate surface area is 79.9 Å². The van der Waals surface area contributed by atoms with E-state index < -0.39 is 0 Å². The van der Waals surface area contributed by atoms with Crippen molar-refractivity contribution >= 4 is 11.3 Å². The molecule has 1 nitrogen and oxygen atoms in total. The second-order valence-electron chi connectivity index (χ2n) is 2.77. The molecule has 0 aliphatic heterocycles. The quantitative estimate of drug-likeness (QED) is 0.714. The van der Waals surface area contributed by atoms with Gasteiger partial charge in [-0.05, 0) is 17.7 Å². The summed E-state index contributed by atoms with van der Waals surface area (Å²) in [5, 5.41) is 0. The van der Waals surface area contributed by atoms with Gasteiger partial charge in [0.2, 0.25) is 0 Å². The van der Waals surface area contributed by atoms with E-state index in [4.69, 9.17) is 0 Å². The Morgan fingerprint density at radius 2 is 2.00 bits per heavy atom. The Hall–Kier alpha value is -1.22. The molecular weight excluding hydrogens is 185 g/mol. The Morgan fingerprint density at radius 1 is 1.23 bits per heavy atom. The number of thiazole rings is 1. The van der Waals surface area contributed by atoms with Gasteiger partial charge in [0.1, 0.15) is 5.82 Å². The molecule has 0 atom stereocenters. The molecule has 1 aromatic heterocycles. The summed E-state index contributed by atoms with van der Waals surface area (Å²) in [6.07, 6.45) is 2.68. The minimum atomic E-state index is -0.187. The highest BCUT2D eigenvalue weighted by atomic mass is 32.1. The number of halogens is 1. The Balaban J connectivity index is 2.15. The summed E-state index contributed by atoms with van der Waals surface area (Å²) in [6.45, 7) is 0. The average molecular weight is 193 g/mol. The maximum Gasteiger partial charge on any atom is 0.123 e. The molecule has 0 radical (unpaired) electrons. The van der Waals surface area contributed by atoms with Gasteiger partial charge in [-0.25, -0.2) is 4.39 Å². The maximum absolute atomic E-state index is 12.6. The van der Waals surface area contributed by atoms with Crippen molar-refractivity contribution in [3.05, 3.63) is 52.2 Å². The van der Waals surface area contributed by atoms with Crippen LogP contribution < -0.4 is 0 Å². The number of benzene rings is 1. The first-order valence-corrected chi connectivity index (χ1v) is 4.84. The highest BCUT2D eigenvalue weighted by Gasteiger charge is 1.97. The van der Waals surface area contributed by atoms with Crippen LogP contribution >= 0.6 is 11.3 Å². The lowest BCUT2D eigenvalue weighted by Gasteiger charge is -1.96. The minimum Gasteiger partial charge on any atom is -0.253 e. The monoisotopic (exact) mass is 193 g/mol. The highest BCUT2D eigenvalue weighted by molar-refractivity contribution is 7.09. The predicted molar refractivity (Wildman–Crippen MR) is 51.3 cm³/mol. The minimum absolute atomic E-state index is 0.187. The van der Waals surface area contributed by atoms with Crippen molar-refractivity contribution in [2.45, 2.75) is 6.42 Å². The summed E-state index contributed by atoms with van der Waals surface area (Å²) < 4.78 is 12.6. The van der Waals surface area contributed by atoms with Crippen molar-refractivity contribution in [3.8, 4) is 0 Å². The van der Waals surface area contributed by atoms with Crippen LogP contribution in [-0.2, 0) is 6.42 Å². The number of hydrogen-bond donors (Lipinski definition) is 0. The molecule has 0 bridgehead atoms. The van der Waals surface area contributed by atoms with Crippen LogP contribution in [0.15, 0.2) is 36.0 Å². The topological polar surface area (TPSA) is 12.9 Å². The SMILES string of the molecule is Fc1ccc(Cc2cncs2)cc1. The molecule has 0 aliphatic rings. The van der Waals surface area contributed by atoms with Crippen molar-refractivity contribution in [2.24, 2.45) is 0 Å². The Morgan fingerprint density at radius 3 is 2.62 bits per heavy atom. The van der Waals surface area contributed by atoms with E-state index in [2.05, 4.69) is 4.98 Å². The fraction of sp³-hybridized carbons (Fsp3) is 0.100. The van der Waals surface area contributed by atoms with Crippen LogP contribution in [0.25, 0.3) is 0 Å². The number of aromatic nitrogens is 1. The summed E-state index contributed by atoms with van der Waals surface area (Å²) in [5.41, 5.74) is 2.92. The lowest BCUT2D eigenvalue weighted by molar-refractivity contribution is 0.627. The molecular formula is C10H8FNS. The van der Waals surface area contributed by atoms with E-state index in [1.54, 1.807) is 29.0 Å². The smallest absolute Gasteiger partial charge is 0.123 e. The zero-order valence-electron chi connectivity index (χ0n) is 6.90. The first kappa shape index (κ1) is 8.38.